The first-order valence-corrected chi connectivity index (χ1v) is 5.72. The quantitative estimate of drug-likeness (QED) is 0.728. The SMILES string of the molecule is O=S(CC1CC1)c1ccccc1F. The van der Waals surface area contributed by atoms with Crippen LogP contribution in [0.25, 0.3) is 0 Å². The highest BCUT2D eigenvalue weighted by Gasteiger charge is 2.25. The van der Waals surface area contributed by atoms with Crippen molar-refractivity contribution in [1.29, 1.82) is 0 Å². The molecule has 0 bridgehead atoms. The van der Waals surface area contributed by atoms with E-state index >= 15 is 0 Å². The van der Waals surface area contributed by atoms with E-state index in [1.54, 1.807) is 18.2 Å². The molecule has 0 heterocycles. The number of benzene rings is 1. The molecule has 70 valence electrons. The average molecular weight is 198 g/mol. The van der Waals surface area contributed by atoms with Crippen molar-refractivity contribution in [2.24, 2.45) is 5.92 Å². The van der Waals surface area contributed by atoms with Crippen LogP contribution in [0.15, 0.2) is 29.2 Å². The second-order valence-electron chi connectivity index (χ2n) is 3.39. The lowest BCUT2D eigenvalue weighted by Gasteiger charge is -2.01. The maximum atomic E-state index is 13.1. The molecule has 1 atom stereocenters. The van der Waals surface area contributed by atoms with Gasteiger partial charge in [0.15, 0.2) is 0 Å². The Labute approximate surface area is 79.4 Å². The van der Waals surface area contributed by atoms with Crippen LogP contribution in [0.5, 0.6) is 0 Å². The number of halogens is 1. The van der Waals surface area contributed by atoms with E-state index in [0.29, 0.717) is 16.6 Å². The summed E-state index contributed by atoms with van der Waals surface area (Å²) in [4.78, 5) is 0.356. The van der Waals surface area contributed by atoms with Crippen LogP contribution in [-0.4, -0.2) is 9.96 Å². The van der Waals surface area contributed by atoms with Gasteiger partial charge in [-0.3, -0.25) is 4.21 Å². The Hall–Kier alpha value is -0.700. The molecule has 1 unspecified atom stereocenters. The van der Waals surface area contributed by atoms with Crippen LogP contribution in [0.4, 0.5) is 4.39 Å². The van der Waals surface area contributed by atoms with Gasteiger partial charge in [0, 0.05) is 5.75 Å². The Morgan fingerprint density at radius 1 is 1.38 bits per heavy atom. The molecule has 1 aromatic carbocycles. The van der Waals surface area contributed by atoms with Gasteiger partial charge in [0.1, 0.15) is 5.82 Å². The Morgan fingerprint density at radius 3 is 2.69 bits per heavy atom. The molecular formula is C10H11FOS. The zero-order chi connectivity index (χ0) is 9.26. The summed E-state index contributed by atoms with van der Waals surface area (Å²) in [6.45, 7) is 0. The minimum atomic E-state index is -1.14. The Bertz CT molecular complexity index is 333. The normalized spacial score (nSPS) is 18.5. The Morgan fingerprint density at radius 2 is 2.08 bits per heavy atom. The van der Waals surface area contributed by atoms with Crippen LogP contribution >= 0.6 is 0 Å². The van der Waals surface area contributed by atoms with Gasteiger partial charge in [0.05, 0.1) is 15.7 Å². The van der Waals surface area contributed by atoms with Gasteiger partial charge in [-0.25, -0.2) is 4.39 Å². The summed E-state index contributed by atoms with van der Waals surface area (Å²) in [5.74, 6) is 0.850. The fourth-order valence-corrected chi connectivity index (χ4v) is 2.67. The van der Waals surface area contributed by atoms with Gasteiger partial charge >= 0.3 is 0 Å². The lowest BCUT2D eigenvalue weighted by atomic mass is 10.3. The molecule has 0 aliphatic heterocycles. The van der Waals surface area contributed by atoms with Crippen LogP contribution in [-0.2, 0) is 10.8 Å². The predicted molar refractivity (Wildman–Crippen MR) is 50.4 cm³/mol. The molecule has 13 heavy (non-hydrogen) atoms. The van der Waals surface area contributed by atoms with Crippen LogP contribution in [0.3, 0.4) is 0 Å². The van der Waals surface area contributed by atoms with Gasteiger partial charge in [0.25, 0.3) is 0 Å². The van der Waals surface area contributed by atoms with Crippen molar-refractivity contribution in [3.05, 3.63) is 30.1 Å². The van der Waals surface area contributed by atoms with Crippen LogP contribution in [0.1, 0.15) is 12.8 Å². The van der Waals surface area contributed by atoms with E-state index in [0.717, 1.165) is 12.8 Å². The van der Waals surface area contributed by atoms with Crippen molar-refractivity contribution in [1.82, 2.24) is 0 Å². The average Bonchev–Trinajstić information content (AvgIpc) is 2.89. The molecule has 0 radical (unpaired) electrons. The monoisotopic (exact) mass is 198 g/mol. The maximum absolute atomic E-state index is 13.1. The van der Waals surface area contributed by atoms with Crippen molar-refractivity contribution in [2.45, 2.75) is 17.7 Å². The van der Waals surface area contributed by atoms with E-state index < -0.39 is 10.8 Å². The molecule has 1 aliphatic carbocycles. The Kier molecular flexibility index (Phi) is 2.44. The van der Waals surface area contributed by atoms with E-state index in [4.69, 9.17) is 0 Å². The lowest BCUT2D eigenvalue weighted by Crippen LogP contribution is -2.01. The molecule has 0 spiro atoms. The molecular weight excluding hydrogens is 187 g/mol. The van der Waals surface area contributed by atoms with Gasteiger partial charge in [-0.05, 0) is 30.9 Å². The second-order valence-corrected chi connectivity index (χ2v) is 4.85. The van der Waals surface area contributed by atoms with Gasteiger partial charge < -0.3 is 0 Å². The van der Waals surface area contributed by atoms with E-state index in [-0.39, 0.29) is 5.82 Å². The molecule has 1 saturated carbocycles. The summed E-state index contributed by atoms with van der Waals surface area (Å²) in [7, 11) is -1.14. The van der Waals surface area contributed by atoms with Crippen LogP contribution < -0.4 is 0 Å². The molecule has 0 saturated heterocycles. The van der Waals surface area contributed by atoms with Gasteiger partial charge in [0.2, 0.25) is 0 Å². The third kappa shape index (κ3) is 2.15. The van der Waals surface area contributed by atoms with Crippen molar-refractivity contribution < 1.29 is 8.60 Å². The number of rotatable bonds is 3. The standard InChI is InChI=1S/C10H11FOS/c11-9-3-1-2-4-10(9)13(12)7-8-5-6-8/h1-4,8H,5-7H2. The van der Waals surface area contributed by atoms with Gasteiger partial charge in [-0.1, -0.05) is 12.1 Å². The largest absolute Gasteiger partial charge is 0.254 e. The second kappa shape index (κ2) is 3.58. The van der Waals surface area contributed by atoms with Crippen molar-refractivity contribution in [3.63, 3.8) is 0 Å². The first-order chi connectivity index (χ1) is 6.27. The summed E-state index contributed by atoms with van der Waals surface area (Å²) in [5.41, 5.74) is 0. The van der Waals surface area contributed by atoms with Crippen molar-refractivity contribution >= 4 is 10.8 Å². The molecule has 1 fully saturated rings. The highest BCUT2D eigenvalue weighted by atomic mass is 32.2. The van der Waals surface area contributed by atoms with Crippen molar-refractivity contribution in [3.8, 4) is 0 Å². The summed E-state index contributed by atoms with van der Waals surface area (Å²) < 4.78 is 24.7. The third-order valence-electron chi connectivity index (χ3n) is 2.17. The fourth-order valence-electron chi connectivity index (χ4n) is 1.22. The topological polar surface area (TPSA) is 17.1 Å². The summed E-state index contributed by atoms with van der Waals surface area (Å²) in [5, 5.41) is 0. The molecule has 0 amide bonds. The van der Waals surface area contributed by atoms with Gasteiger partial charge in [-0.2, -0.15) is 0 Å². The zero-order valence-corrected chi connectivity index (χ0v) is 8.02. The maximum Gasteiger partial charge on any atom is 0.139 e. The highest BCUT2D eigenvalue weighted by Crippen LogP contribution is 2.31. The third-order valence-corrected chi connectivity index (χ3v) is 3.76. The summed E-state index contributed by atoms with van der Waals surface area (Å²) in [6.07, 6.45) is 2.31. The Balaban J connectivity index is 2.13. The smallest absolute Gasteiger partial charge is 0.139 e. The lowest BCUT2D eigenvalue weighted by molar-refractivity contribution is 0.595. The highest BCUT2D eigenvalue weighted by molar-refractivity contribution is 7.85. The molecule has 3 heteroatoms. The van der Waals surface area contributed by atoms with E-state index in [9.17, 15) is 8.60 Å². The van der Waals surface area contributed by atoms with E-state index in [1.807, 2.05) is 0 Å². The minimum absolute atomic E-state index is 0.346. The first kappa shape index (κ1) is 8.88. The van der Waals surface area contributed by atoms with Crippen LogP contribution in [0, 0.1) is 11.7 Å². The zero-order valence-electron chi connectivity index (χ0n) is 7.20. The number of hydrogen-bond donors (Lipinski definition) is 0. The fraction of sp³-hybridized carbons (Fsp3) is 0.400. The van der Waals surface area contributed by atoms with Crippen LogP contribution in [0.2, 0.25) is 0 Å². The summed E-state index contributed by atoms with van der Waals surface area (Å²) in [6, 6.07) is 6.31. The molecule has 0 aromatic heterocycles. The molecule has 1 nitrogen and oxygen atoms in total. The molecule has 1 aromatic rings. The molecule has 0 N–H and O–H groups in total. The first-order valence-electron chi connectivity index (χ1n) is 4.40. The van der Waals surface area contributed by atoms with E-state index in [1.165, 1.54) is 6.07 Å². The van der Waals surface area contributed by atoms with E-state index in [2.05, 4.69) is 0 Å². The minimum Gasteiger partial charge on any atom is -0.254 e. The molecule has 1 aliphatic rings. The molecule has 2 rings (SSSR count). The van der Waals surface area contributed by atoms with Gasteiger partial charge in [-0.15, -0.1) is 0 Å². The van der Waals surface area contributed by atoms with Crippen molar-refractivity contribution in [2.75, 3.05) is 5.75 Å². The number of hydrogen-bond acceptors (Lipinski definition) is 1. The predicted octanol–water partition coefficient (Wildman–Crippen LogP) is 2.34. The summed E-state index contributed by atoms with van der Waals surface area (Å²) >= 11 is 0.